The number of nitrogens with zero attached hydrogens (tertiary/aromatic N) is 1. The third-order valence-electron chi connectivity index (χ3n) is 4.47. The Labute approximate surface area is 173 Å². The second-order valence-corrected chi connectivity index (χ2v) is 8.05. The van der Waals surface area contributed by atoms with Crippen LogP contribution in [0.1, 0.15) is 41.1 Å². The zero-order valence-electron chi connectivity index (χ0n) is 15.4. The Morgan fingerprint density at radius 1 is 1.25 bits per heavy atom. The van der Waals surface area contributed by atoms with E-state index in [1.165, 1.54) is 40.9 Å². The number of amides is 1. The van der Waals surface area contributed by atoms with E-state index < -0.39 is 17.8 Å². The van der Waals surface area contributed by atoms with E-state index in [2.05, 4.69) is 0 Å². The van der Waals surface area contributed by atoms with E-state index >= 15 is 0 Å². The molecule has 0 spiro atoms. The van der Waals surface area contributed by atoms with Crippen LogP contribution in [0.3, 0.4) is 0 Å². The van der Waals surface area contributed by atoms with E-state index in [0.29, 0.717) is 22.9 Å². The number of benzene rings is 2. The van der Waals surface area contributed by atoms with Crippen molar-refractivity contribution in [1.82, 2.24) is 4.90 Å². The highest BCUT2D eigenvalue weighted by atomic mass is 35.5. The number of carbonyl (C=O) groups is 2. The van der Waals surface area contributed by atoms with Gasteiger partial charge in [0.1, 0.15) is 17.2 Å². The molecule has 1 heterocycles. The first-order valence-corrected chi connectivity index (χ1v) is 10.6. The number of thioether (sulfide) groups is 1. The van der Waals surface area contributed by atoms with Crippen LogP contribution in [0.25, 0.3) is 0 Å². The van der Waals surface area contributed by atoms with Gasteiger partial charge < -0.3 is 9.64 Å². The minimum Gasteiger partial charge on any atom is -0.464 e. The van der Waals surface area contributed by atoms with Gasteiger partial charge in [-0.1, -0.05) is 37.1 Å². The lowest BCUT2D eigenvalue weighted by molar-refractivity contribution is -0.148. The molecule has 1 saturated heterocycles. The summed E-state index contributed by atoms with van der Waals surface area (Å²) in [7, 11) is 0. The summed E-state index contributed by atoms with van der Waals surface area (Å²) < 4.78 is 18.7. The summed E-state index contributed by atoms with van der Waals surface area (Å²) in [4.78, 5) is 27.4. The van der Waals surface area contributed by atoms with Crippen LogP contribution in [-0.4, -0.2) is 35.2 Å². The van der Waals surface area contributed by atoms with Gasteiger partial charge in [0.2, 0.25) is 0 Å². The largest absolute Gasteiger partial charge is 0.464 e. The lowest BCUT2D eigenvalue weighted by Crippen LogP contribution is -2.44. The highest BCUT2D eigenvalue weighted by Gasteiger charge is 2.43. The smallest absolute Gasteiger partial charge is 0.329 e. The van der Waals surface area contributed by atoms with Gasteiger partial charge in [0.15, 0.2) is 0 Å². The SMILES string of the molecule is CCCCOC(=O)C1CSC(c2cccc(Cl)c2)N1C(=O)c1ccc(F)cc1. The molecule has 2 unspecified atom stereocenters. The quantitative estimate of drug-likeness (QED) is 0.482. The zero-order chi connectivity index (χ0) is 20.1. The molecular weight excluding hydrogens is 401 g/mol. The normalized spacial score (nSPS) is 18.9. The van der Waals surface area contributed by atoms with Gasteiger partial charge in [0.25, 0.3) is 5.91 Å². The minimum absolute atomic E-state index is 0.322. The molecule has 0 radical (unpaired) electrons. The van der Waals surface area contributed by atoms with E-state index in [4.69, 9.17) is 16.3 Å². The molecule has 1 aliphatic rings. The summed E-state index contributed by atoms with van der Waals surface area (Å²) in [6.07, 6.45) is 1.69. The summed E-state index contributed by atoms with van der Waals surface area (Å²) >= 11 is 7.61. The molecule has 0 saturated carbocycles. The molecular formula is C21H21ClFNO3S. The Morgan fingerprint density at radius 3 is 2.68 bits per heavy atom. The Hall–Kier alpha value is -2.05. The maximum absolute atomic E-state index is 13.3. The highest BCUT2D eigenvalue weighted by molar-refractivity contribution is 7.99. The molecule has 2 aromatic rings. The molecule has 2 atom stereocenters. The van der Waals surface area contributed by atoms with Crippen LogP contribution in [0.2, 0.25) is 5.02 Å². The van der Waals surface area contributed by atoms with Crippen molar-refractivity contribution in [3.8, 4) is 0 Å². The molecule has 7 heteroatoms. The predicted molar refractivity (Wildman–Crippen MR) is 109 cm³/mol. The highest BCUT2D eigenvalue weighted by Crippen LogP contribution is 2.43. The number of hydrogen-bond donors (Lipinski definition) is 0. The fourth-order valence-electron chi connectivity index (χ4n) is 3.01. The summed E-state index contributed by atoms with van der Waals surface area (Å²) in [5.74, 6) is -0.752. The lowest BCUT2D eigenvalue weighted by atomic mass is 10.1. The molecule has 28 heavy (non-hydrogen) atoms. The fourth-order valence-corrected chi connectivity index (χ4v) is 4.61. The molecule has 0 aromatic heterocycles. The van der Waals surface area contributed by atoms with Crippen LogP contribution >= 0.6 is 23.4 Å². The third kappa shape index (κ3) is 4.67. The standard InChI is InChI=1S/C21H21ClFNO3S/c1-2-3-11-27-21(26)18-13-28-20(15-5-4-6-16(22)12-15)24(18)19(25)14-7-9-17(23)10-8-14/h4-10,12,18,20H,2-3,11,13H2,1H3. The molecule has 4 nitrogen and oxygen atoms in total. The van der Waals surface area contributed by atoms with Gasteiger partial charge in [-0.3, -0.25) is 4.79 Å². The number of halogens is 2. The van der Waals surface area contributed by atoms with Crippen LogP contribution in [0.5, 0.6) is 0 Å². The number of carbonyl (C=O) groups excluding carboxylic acids is 2. The Bertz CT molecular complexity index is 846. The molecule has 1 amide bonds. The van der Waals surface area contributed by atoms with Crippen LogP contribution in [0, 0.1) is 5.82 Å². The second kappa shape index (κ2) is 9.43. The van der Waals surface area contributed by atoms with Crippen molar-refractivity contribution >= 4 is 35.2 Å². The topological polar surface area (TPSA) is 46.6 Å². The molecule has 1 aliphatic heterocycles. The maximum Gasteiger partial charge on any atom is 0.329 e. The first-order chi connectivity index (χ1) is 13.5. The van der Waals surface area contributed by atoms with Gasteiger partial charge in [-0.25, -0.2) is 9.18 Å². The molecule has 148 valence electrons. The first kappa shape index (κ1) is 20.7. The third-order valence-corrected chi connectivity index (χ3v) is 6.03. The molecule has 3 rings (SSSR count). The maximum atomic E-state index is 13.3. The number of rotatable bonds is 6. The zero-order valence-corrected chi connectivity index (χ0v) is 17.0. The van der Waals surface area contributed by atoms with Gasteiger partial charge in [0, 0.05) is 16.3 Å². The van der Waals surface area contributed by atoms with Crippen molar-refractivity contribution in [2.24, 2.45) is 0 Å². The molecule has 2 aromatic carbocycles. The summed E-state index contributed by atoms with van der Waals surface area (Å²) in [6, 6.07) is 11.8. The minimum atomic E-state index is -0.705. The van der Waals surface area contributed by atoms with Gasteiger partial charge in [0.05, 0.1) is 6.61 Å². The monoisotopic (exact) mass is 421 g/mol. The van der Waals surface area contributed by atoms with E-state index in [9.17, 15) is 14.0 Å². The van der Waals surface area contributed by atoms with E-state index in [1.807, 2.05) is 19.1 Å². The summed E-state index contributed by atoms with van der Waals surface area (Å²) in [5, 5.41) is 0.182. The van der Waals surface area contributed by atoms with E-state index in [-0.39, 0.29) is 11.3 Å². The molecule has 0 N–H and O–H groups in total. The van der Waals surface area contributed by atoms with Gasteiger partial charge in [-0.05, 0) is 48.4 Å². The van der Waals surface area contributed by atoms with Crippen LogP contribution in [0.15, 0.2) is 48.5 Å². The van der Waals surface area contributed by atoms with Gasteiger partial charge in [-0.2, -0.15) is 0 Å². The summed E-state index contributed by atoms with van der Waals surface area (Å²) in [6.45, 7) is 2.34. The average molecular weight is 422 g/mol. The van der Waals surface area contributed by atoms with Crippen LogP contribution in [0.4, 0.5) is 4.39 Å². The van der Waals surface area contributed by atoms with Crippen molar-refractivity contribution < 1.29 is 18.7 Å². The molecule has 1 fully saturated rings. The molecule has 0 bridgehead atoms. The predicted octanol–water partition coefficient (Wildman–Crippen LogP) is 5.08. The number of esters is 1. The first-order valence-electron chi connectivity index (χ1n) is 9.13. The van der Waals surface area contributed by atoms with Crippen LogP contribution in [-0.2, 0) is 9.53 Å². The number of ether oxygens (including phenoxy) is 1. The van der Waals surface area contributed by atoms with Crippen molar-refractivity contribution in [2.75, 3.05) is 12.4 Å². The van der Waals surface area contributed by atoms with E-state index in [1.54, 1.807) is 12.1 Å². The van der Waals surface area contributed by atoms with E-state index in [0.717, 1.165) is 18.4 Å². The fraction of sp³-hybridized carbons (Fsp3) is 0.333. The second-order valence-electron chi connectivity index (χ2n) is 6.50. The number of unbranched alkanes of at least 4 members (excludes halogenated alkanes) is 1. The Kier molecular flexibility index (Phi) is 6.97. The lowest BCUT2D eigenvalue weighted by Gasteiger charge is -2.28. The van der Waals surface area contributed by atoms with Crippen molar-refractivity contribution in [2.45, 2.75) is 31.2 Å². The summed E-state index contributed by atoms with van der Waals surface area (Å²) in [5.41, 5.74) is 1.15. The Morgan fingerprint density at radius 2 is 2.00 bits per heavy atom. The van der Waals surface area contributed by atoms with Gasteiger partial charge in [-0.15, -0.1) is 11.8 Å². The number of hydrogen-bond acceptors (Lipinski definition) is 4. The average Bonchev–Trinajstić information content (AvgIpc) is 3.13. The van der Waals surface area contributed by atoms with Crippen molar-refractivity contribution in [3.63, 3.8) is 0 Å². The van der Waals surface area contributed by atoms with Crippen molar-refractivity contribution in [1.29, 1.82) is 0 Å². The molecule has 0 aliphatic carbocycles. The van der Waals surface area contributed by atoms with Crippen LogP contribution < -0.4 is 0 Å². The van der Waals surface area contributed by atoms with Gasteiger partial charge >= 0.3 is 5.97 Å². The van der Waals surface area contributed by atoms with Crippen molar-refractivity contribution in [3.05, 3.63) is 70.5 Å². The Balaban J connectivity index is 1.90.